The summed E-state index contributed by atoms with van der Waals surface area (Å²) in [5.74, 6) is 1.82. The van der Waals surface area contributed by atoms with Crippen LogP contribution in [0.2, 0.25) is 5.02 Å². The second-order valence-corrected chi connectivity index (χ2v) is 6.58. The number of halogens is 1. The normalized spacial score (nSPS) is 11.5. The molecule has 1 N–H and O–H groups in total. The van der Waals surface area contributed by atoms with Crippen LogP contribution in [0.25, 0.3) is 0 Å². The molecule has 5 heteroatoms. The number of hydrogen-bond donors (Lipinski definition) is 1. The number of aryl methyl sites for hydroxylation is 1. The molecule has 0 saturated heterocycles. The molecule has 1 amide bonds. The molecular formula is C22H20ClNO3. The third-order valence-corrected chi connectivity index (χ3v) is 4.09. The lowest BCUT2D eigenvalue weighted by Crippen LogP contribution is -2.30. The molecule has 0 aliphatic rings. The molecule has 0 aliphatic carbocycles. The van der Waals surface area contributed by atoms with Crippen LogP contribution in [0.3, 0.4) is 0 Å². The van der Waals surface area contributed by atoms with Gasteiger partial charge in [-0.2, -0.15) is 0 Å². The van der Waals surface area contributed by atoms with Crippen molar-refractivity contribution in [2.75, 3.05) is 5.32 Å². The second kappa shape index (κ2) is 8.60. The van der Waals surface area contributed by atoms with Gasteiger partial charge in [-0.25, -0.2) is 0 Å². The molecule has 0 aliphatic heterocycles. The molecule has 3 aromatic carbocycles. The van der Waals surface area contributed by atoms with Crippen molar-refractivity contribution in [1.29, 1.82) is 0 Å². The molecule has 4 nitrogen and oxygen atoms in total. The Hall–Kier alpha value is -2.98. The van der Waals surface area contributed by atoms with Crippen LogP contribution in [-0.2, 0) is 4.79 Å². The summed E-state index contributed by atoms with van der Waals surface area (Å²) in [6.45, 7) is 3.71. The van der Waals surface area contributed by atoms with E-state index in [9.17, 15) is 4.79 Å². The maximum atomic E-state index is 12.3. The first-order valence-corrected chi connectivity index (χ1v) is 8.95. The van der Waals surface area contributed by atoms with Gasteiger partial charge in [-0.05, 0) is 80.1 Å². The summed E-state index contributed by atoms with van der Waals surface area (Å²) >= 11 is 5.84. The lowest BCUT2D eigenvalue weighted by molar-refractivity contribution is -0.122. The molecule has 3 aromatic rings. The van der Waals surface area contributed by atoms with Crippen molar-refractivity contribution >= 4 is 23.2 Å². The van der Waals surface area contributed by atoms with Gasteiger partial charge in [0.2, 0.25) is 0 Å². The Kier molecular flexibility index (Phi) is 5.99. The minimum Gasteiger partial charge on any atom is -0.481 e. The largest absolute Gasteiger partial charge is 0.481 e. The fourth-order valence-corrected chi connectivity index (χ4v) is 2.56. The van der Waals surface area contributed by atoms with Crippen molar-refractivity contribution in [3.8, 4) is 17.2 Å². The molecule has 1 atom stereocenters. The van der Waals surface area contributed by atoms with Crippen LogP contribution in [0.4, 0.5) is 5.69 Å². The maximum Gasteiger partial charge on any atom is 0.265 e. The second-order valence-electron chi connectivity index (χ2n) is 6.15. The van der Waals surface area contributed by atoms with Crippen LogP contribution >= 0.6 is 11.6 Å². The fraction of sp³-hybridized carbons (Fsp3) is 0.136. The standard InChI is InChI=1S/C22H20ClNO3/c1-15-4-3-5-21(14-15)27-20-12-8-18(9-13-20)24-22(25)16(2)26-19-10-6-17(23)7-11-19/h3-14,16H,1-2H3,(H,24,25)/t16-/m1/s1. The smallest absolute Gasteiger partial charge is 0.265 e. The summed E-state index contributed by atoms with van der Waals surface area (Å²) in [6.07, 6.45) is -0.644. The average molecular weight is 382 g/mol. The third kappa shape index (κ3) is 5.50. The molecule has 0 fully saturated rings. The molecule has 0 unspecified atom stereocenters. The first kappa shape index (κ1) is 18.8. The number of amides is 1. The molecule has 0 aromatic heterocycles. The van der Waals surface area contributed by atoms with E-state index in [4.69, 9.17) is 21.1 Å². The van der Waals surface area contributed by atoms with E-state index in [1.807, 2.05) is 43.3 Å². The maximum absolute atomic E-state index is 12.3. The lowest BCUT2D eigenvalue weighted by atomic mass is 10.2. The highest BCUT2D eigenvalue weighted by Crippen LogP contribution is 2.24. The van der Waals surface area contributed by atoms with Gasteiger partial charge in [-0.1, -0.05) is 23.7 Å². The van der Waals surface area contributed by atoms with Crippen LogP contribution in [0.1, 0.15) is 12.5 Å². The first-order valence-electron chi connectivity index (χ1n) is 8.57. The zero-order valence-electron chi connectivity index (χ0n) is 15.1. The fourth-order valence-electron chi connectivity index (χ4n) is 2.44. The Morgan fingerprint density at radius 2 is 1.59 bits per heavy atom. The Morgan fingerprint density at radius 3 is 2.26 bits per heavy atom. The topological polar surface area (TPSA) is 47.6 Å². The molecule has 3 rings (SSSR count). The Labute approximate surface area is 163 Å². The predicted molar refractivity (Wildman–Crippen MR) is 108 cm³/mol. The highest BCUT2D eigenvalue weighted by molar-refractivity contribution is 6.30. The number of rotatable bonds is 6. The first-order chi connectivity index (χ1) is 13.0. The highest BCUT2D eigenvalue weighted by Gasteiger charge is 2.15. The van der Waals surface area contributed by atoms with Crippen molar-refractivity contribution in [1.82, 2.24) is 0 Å². The minimum atomic E-state index is -0.644. The van der Waals surface area contributed by atoms with Gasteiger partial charge in [0.05, 0.1) is 0 Å². The van der Waals surface area contributed by atoms with Crippen molar-refractivity contribution in [2.24, 2.45) is 0 Å². The summed E-state index contributed by atoms with van der Waals surface area (Å²) in [6, 6.07) is 21.9. The van der Waals surface area contributed by atoms with Crippen molar-refractivity contribution < 1.29 is 14.3 Å². The van der Waals surface area contributed by atoms with E-state index in [-0.39, 0.29) is 5.91 Å². The predicted octanol–water partition coefficient (Wildman–Crippen LogP) is 5.85. The van der Waals surface area contributed by atoms with Gasteiger partial charge in [0, 0.05) is 10.7 Å². The van der Waals surface area contributed by atoms with Gasteiger partial charge >= 0.3 is 0 Å². The summed E-state index contributed by atoms with van der Waals surface area (Å²) in [5.41, 5.74) is 1.80. The number of nitrogens with one attached hydrogen (secondary N) is 1. The van der Waals surface area contributed by atoms with Gasteiger partial charge < -0.3 is 14.8 Å². The molecule has 138 valence electrons. The number of anilines is 1. The van der Waals surface area contributed by atoms with E-state index < -0.39 is 6.10 Å². The van der Waals surface area contributed by atoms with Crippen molar-refractivity contribution in [3.05, 3.63) is 83.4 Å². The molecule has 27 heavy (non-hydrogen) atoms. The lowest BCUT2D eigenvalue weighted by Gasteiger charge is -2.15. The molecule has 0 saturated carbocycles. The zero-order chi connectivity index (χ0) is 19.2. The van der Waals surface area contributed by atoms with Crippen LogP contribution in [0.15, 0.2) is 72.8 Å². The molecule has 0 heterocycles. The number of carbonyl (C=O) groups excluding carboxylic acids is 1. The van der Waals surface area contributed by atoms with E-state index in [0.29, 0.717) is 22.2 Å². The summed E-state index contributed by atoms with van der Waals surface area (Å²) in [4.78, 5) is 12.3. The van der Waals surface area contributed by atoms with Crippen molar-refractivity contribution in [3.63, 3.8) is 0 Å². The SMILES string of the molecule is Cc1cccc(Oc2ccc(NC(=O)[C@@H](C)Oc3ccc(Cl)cc3)cc2)c1. The van der Waals surface area contributed by atoms with E-state index in [1.165, 1.54) is 0 Å². The quantitative estimate of drug-likeness (QED) is 0.582. The third-order valence-electron chi connectivity index (χ3n) is 3.84. The van der Waals surface area contributed by atoms with E-state index in [0.717, 1.165) is 11.3 Å². The van der Waals surface area contributed by atoms with Crippen molar-refractivity contribution in [2.45, 2.75) is 20.0 Å². The average Bonchev–Trinajstić information content (AvgIpc) is 2.65. The van der Waals surface area contributed by atoms with E-state index in [2.05, 4.69) is 5.32 Å². The summed E-state index contributed by atoms with van der Waals surface area (Å²) in [5, 5.41) is 3.45. The Balaban J connectivity index is 1.56. The van der Waals surface area contributed by atoms with Gasteiger partial charge in [-0.15, -0.1) is 0 Å². The van der Waals surface area contributed by atoms with Gasteiger partial charge in [-0.3, -0.25) is 4.79 Å². The van der Waals surface area contributed by atoms with Gasteiger partial charge in [0.25, 0.3) is 5.91 Å². The number of benzene rings is 3. The van der Waals surface area contributed by atoms with Gasteiger partial charge in [0.15, 0.2) is 6.10 Å². The zero-order valence-corrected chi connectivity index (χ0v) is 15.9. The monoisotopic (exact) mass is 381 g/mol. The summed E-state index contributed by atoms with van der Waals surface area (Å²) in [7, 11) is 0. The number of ether oxygens (including phenoxy) is 2. The highest BCUT2D eigenvalue weighted by atomic mass is 35.5. The summed E-state index contributed by atoms with van der Waals surface area (Å²) < 4.78 is 11.4. The number of carbonyl (C=O) groups is 1. The van der Waals surface area contributed by atoms with Crippen LogP contribution in [-0.4, -0.2) is 12.0 Å². The van der Waals surface area contributed by atoms with Crippen LogP contribution in [0, 0.1) is 6.92 Å². The molecule has 0 spiro atoms. The van der Waals surface area contributed by atoms with Gasteiger partial charge in [0.1, 0.15) is 17.2 Å². The van der Waals surface area contributed by atoms with E-state index in [1.54, 1.807) is 43.3 Å². The molecule has 0 radical (unpaired) electrons. The molecule has 0 bridgehead atoms. The van der Waals surface area contributed by atoms with Crippen LogP contribution in [0.5, 0.6) is 17.2 Å². The van der Waals surface area contributed by atoms with E-state index >= 15 is 0 Å². The molecular weight excluding hydrogens is 362 g/mol. The van der Waals surface area contributed by atoms with Crippen LogP contribution < -0.4 is 14.8 Å². The Bertz CT molecular complexity index is 908. The number of hydrogen-bond acceptors (Lipinski definition) is 3. The Morgan fingerprint density at radius 1 is 0.926 bits per heavy atom. The minimum absolute atomic E-state index is 0.239.